The van der Waals surface area contributed by atoms with Crippen LogP contribution < -0.4 is 4.72 Å². The summed E-state index contributed by atoms with van der Waals surface area (Å²) in [5.41, 5.74) is 1.78. The van der Waals surface area contributed by atoms with E-state index >= 15 is 0 Å². The minimum atomic E-state index is -3.46. The van der Waals surface area contributed by atoms with Crippen molar-refractivity contribution in [3.8, 4) is 0 Å². The fraction of sp³-hybridized carbons (Fsp3) is 0.533. The number of hydrogen-bond donors (Lipinski definition) is 1. The molecule has 0 radical (unpaired) electrons. The zero-order valence-electron chi connectivity index (χ0n) is 12.8. The average Bonchev–Trinajstić information content (AvgIpc) is 2.41. The van der Waals surface area contributed by atoms with Crippen molar-refractivity contribution in [2.24, 2.45) is 0 Å². The maximum Gasteiger partial charge on any atom is 0.305 e. The summed E-state index contributed by atoms with van der Waals surface area (Å²) in [6, 6.07) is 5.27. The lowest BCUT2D eigenvalue weighted by molar-refractivity contribution is -0.140. The molecule has 0 aliphatic heterocycles. The van der Waals surface area contributed by atoms with E-state index in [4.69, 9.17) is 0 Å². The first-order chi connectivity index (χ1) is 9.86. The maximum atomic E-state index is 12.2. The molecule has 0 aromatic heterocycles. The molecule has 6 heteroatoms. The number of methoxy groups -OCH3 is 1. The summed E-state index contributed by atoms with van der Waals surface area (Å²) in [6.07, 6.45) is 2.56. The Bertz CT molecular complexity index is 581. The second-order valence-corrected chi connectivity index (χ2v) is 6.79. The molecule has 0 saturated carbocycles. The van der Waals surface area contributed by atoms with Crippen LogP contribution in [0, 0.1) is 13.8 Å². The van der Waals surface area contributed by atoms with Gasteiger partial charge in [-0.25, -0.2) is 13.1 Å². The molecule has 1 aromatic rings. The molecule has 0 unspecified atom stereocenters. The normalized spacial score (nSPS) is 11.4. The lowest BCUT2D eigenvalue weighted by atomic mass is 10.2. The van der Waals surface area contributed by atoms with E-state index in [-0.39, 0.29) is 5.97 Å². The summed E-state index contributed by atoms with van der Waals surface area (Å²) in [4.78, 5) is 11.2. The molecule has 1 aromatic carbocycles. The van der Waals surface area contributed by atoms with Crippen molar-refractivity contribution in [2.45, 2.75) is 44.4 Å². The van der Waals surface area contributed by atoms with Crippen LogP contribution in [0.2, 0.25) is 0 Å². The maximum absolute atomic E-state index is 12.2. The molecule has 118 valence electrons. The number of rotatable bonds is 8. The second kappa shape index (κ2) is 8.14. The summed E-state index contributed by atoms with van der Waals surface area (Å²) in [7, 11) is -2.10. The monoisotopic (exact) mass is 313 g/mol. The van der Waals surface area contributed by atoms with Crippen LogP contribution >= 0.6 is 0 Å². The summed E-state index contributed by atoms with van der Waals surface area (Å²) >= 11 is 0. The van der Waals surface area contributed by atoms with Crippen molar-refractivity contribution < 1.29 is 17.9 Å². The number of esters is 1. The van der Waals surface area contributed by atoms with E-state index in [9.17, 15) is 13.2 Å². The Balaban J connectivity index is 2.42. The topological polar surface area (TPSA) is 72.5 Å². The molecule has 0 spiro atoms. The minimum absolute atomic E-state index is 0.231. The van der Waals surface area contributed by atoms with E-state index in [2.05, 4.69) is 9.46 Å². The van der Waals surface area contributed by atoms with Crippen LogP contribution in [0.4, 0.5) is 0 Å². The summed E-state index contributed by atoms with van der Waals surface area (Å²) in [5.74, 6) is -0.231. The van der Waals surface area contributed by atoms with Gasteiger partial charge in [0.15, 0.2) is 0 Å². The Morgan fingerprint density at radius 3 is 2.52 bits per heavy atom. The van der Waals surface area contributed by atoms with E-state index in [1.165, 1.54) is 7.11 Å². The predicted octanol–water partition coefficient (Wildman–Crippen LogP) is 2.32. The van der Waals surface area contributed by atoms with Crippen LogP contribution in [-0.2, 0) is 19.6 Å². The Morgan fingerprint density at radius 2 is 1.90 bits per heavy atom. The molecule has 1 rings (SSSR count). The molecule has 21 heavy (non-hydrogen) atoms. The third kappa shape index (κ3) is 5.85. The number of benzene rings is 1. The first-order valence-electron chi connectivity index (χ1n) is 7.00. The van der Waals surface area contributed by atoms with Gasteiger partial charge in [0.2, 0.25) is 10.0 Å². The standard InChI is InChI=1S/C15H23NO4S/c1-12-8-9-14(13(2)11-12)21(18,19)16-10-6-4-5-7-15(17)20-3/h8-9,11,16H,4-7,10H2,1-3H3. The van der Waals surface area contributed by atoms with Gasteiger partial charge in [-0.15, -0.1) is 0 Å². The van der Waals surface area contributed by atoms with Gasteiger partial charge < -0.3 is 4.74 Å². The van der Waals surface area contributed by atoms with Gasteiger partial charge in [-0.2, -0.15) is 0 Å². The SMILES string of the molecule is COC(=O)CCCCCNS(=O)(=O)c1ccc(C)cc1C. The number of unbranched alkanes of at least 4 members (excludes halogenated alkanes) is 2. The lowest BCUT2D eigenvalue weighted by Gasteiger charge is -2.09. The highest BCUT2D eigenvalue weighted by atomic mass is 32.2. The average molecular weight is 313 g/mol. The zero-order chi connectivity index (χ0) is 15.9. The van der Waals surface area contributed by atoms with Crippen LogP contribution in [0.1, 0.15) is 36.8 Å². The van der Waals surface area contributed by atoms with Crippen molar-refractivity contribution in [3.63, 3.8) is 0 Å². The van der Waals surface area contributed by atoms with Gasteiger partial charge in [-0.05, 0) is 38.3 Å². The summed E-state index contributed by atoms with van der Waals surface area (Å²) in [5, 5.41) is 0. The second-order valence-electron chi connectivity index (χ2n) is 5.05. The number of carbonyl (C=O) groups is 1. The van der Waals surface area contributed by atoms with Crippen molar-refractivity contribution >= 4 is 16.0 Å². The van der Waals surface area contributed by atoms with E-state index in [0.29, 0.717) is 30.7 Å². The number of aryl methyl sites for hydroxylation is 2. The Labute approximate surface area is 126 Å². The zero-order valence-corrected chi connectivity index (χ0v) is 13.6. The molecule has 0 atom stereocenters. The van der Waals surface area contributed by atoms with Crippen molar-refractivity contribution in [1.82, 2.24) is 4.72 Å². The molecule has 0 aliphatic carbocycles. The highest BCUT2D eigenvalue weighted by molar-refractivity contribution is 7.89. The quantitative estimate of drug-likeness (QED) is 0.590. The summed E-state index contributed by atoms with van der Waals surface area (Å²) < 4.78 is 31.5. The number of sulfonamides is 1. The van der Waals surface area contributed by atoms with E-state index in [1.807, 2.05) is 13.0 Å². The van der Waals surface area contributed by atoms with Gasteiger partial charge in [0.1, 0.15) is 0 Å². The van der Waals surface area contributed by atoms with Crippen molar-refractivity contribution in [2.75, 3.05) is 13.7 Å². The predicted molar refractivity (Wildman–Crippen MR) is 81.6 cm³/mol. The summed E-state index contributed by atoms with van der Waals surface area (Å²) in [6.45, 7) is 4.09. The fourth-order valence-electron chi connectivity index (χ4n) is 2.06. The molecular formula is C15H23NO4S. The van der Waals surface area contributed by atoms with Gasteiger partial charge >= 0.3 is 5.97 Å². The molecule has 0 bridgehead atoms. The third-order valence-electron chi connectivity index (χ3n) is 3.20. The van der Waals surface area contributed by atoms with Gasteiger partial charge in [-0.1, -0.05) is 24.1 Å². The molecule has 0 saturated heterocycles. The van der Waals surface area contributed by atoms with Gasteiger partial charge in [-0.3, -0.25) is 4.79 Å². The lowest BCUT2D eigenvalue weighted by Crippen LogP contribution is -2.25. The molecule has 0 heterocycles. The minimum Gasteiger partial charge on any atom is -0.469 e. The molecule has 1 N–H and O–H groups in total. The van der Waals surface area contributed by atoms with Crippen molar-refractivity contribution in [3.05, 3.63) is 29.3 Å². The largest absolute Gasteiger partial charge is 0.469 e. The van der Waals surface area contributed by atoms with Crippen molar-refractivity contribution in [1.29, 1.82) is 0 Å². The number of hydrogen-bond acceptors (Lipinski definition) is 4. The smallest absolute Gasteiger partial charge is 0.305 e. The third-order valence-corrected chi connectivity index (χ3v) is 4.82. The van der Waals surface area contributed by atoms with E-state index < -0.39 is 10.0 Å². The van der Waals surface area contributed by atoms with Gasteiger partial charge in [0, 0.05) is 13.0 Å². The Kier molecular flexibility index (Phi) is 6.84. The number of ether oxygens (including phenoxy) is 1. The molecule has 0 amide bonds. The molecule has 0 aliphatic rings. The highest BCUT2D eigenvalue weighted by Gasteiger charge is 2.15. The molecule has 0 fully saturated rings. The van der Waals surface area contributed by atoms with Crippen LogP contribution in [0.25, 0.3) is 0 Å². The highest BCUT2D eigenvalue weighted by Crippen LogP contribution is 2.16. The number of nitrogens with one attached hydrogen (secondary N) is 1. The van der Waals surface area contributed by atoms with Crippen LogP contribution in [0.3, 0.4) is 0 Å². The van der Waals surface area contributed by atoms with Crippen LogP contribution in [-0.4, -0.2) is 28.0 Å². The van der Waals surface area contributed by atoms with Gasteiger partial charge in [0.05, 0.1) is 12.0 Å². The van der Waals surface area contributed by atoms with Gasteiger partial charge in [0.25, 0.3) is 0 Å². The Hall–Kier alpha value is -1.40. The van der Waals surface area contributed by atoms with E-state index in [1.54, 1.807) is 19.1 Å². The van der Waals surface area contributed by atoms with Crippen LogP contribution in [0.5, 0.6) is 0 Å². The Morgan fingerprint density at radius 1 is 1.19 bits per heavy atom. The first-order valence-corrected chi connectivity index (χ1v) is 8.49. The van der Waals surface area contributed by atoms with Crippen LogP contribution in [0.15, 0.2) is 23.1 Å². The van der Waals surface area contributed by atoms with E-state index in [0.717, 1.165) is 17.5 Å². The number of carbonyl (C=O) groups excluding carboxylic acids is 1. The molecule has 5 nitrogen and oxygen atoms in total. The molecular weight excluding hydrogens is 290 g/mol. The fourth-order valence-corrected chi connectivity index (χ4v) is 3.36. The first kappa shape index (κ1) is 17.7.